The molecule has 1 aromatic carbocycles. The van der Waals surface area contributed by atoms with Gasteiger partial charge in [-0.15, -0.1) is 0 Å². The van der Waals surface area contributed by atoms with E-state index in [1.807, 2.05) is 24.3 Å². The standard InChI is InChI=1S/C11H17BrN2O2S/c1-14(17(15,16)7-3-6-13)9-10-4-2-5-11(12)8-10/h2,4-5,8H,3,6-7,9,13H2,1H3. The van der Waals surface area contributed by atoms with E-state index in [0.29, 0.717) is 19.5 Å². The van der Waals surface area contributed by atoms with E-state index in [1.165, 1.54) is 4.31 Å². The lowest BCUT2D eigenvalue weighted by molar-refractivity contribution is 0.465. The molecule has 0 heterocycles. The minimum Gasteiger partial charge on any atom is -0.330 e. The Morgan fingerprint density at radius 3 is 2.71 bits per heavy atom. The first-order valence-electron chi connectivity index (χ1n) is 5.34. The summed E-state index contributed by atoms with van der Waals surface area (Å²) in [5, 5.41) is 0. The normalized spacial score (nSPS) is 12.0. The molecule has 1 aromatic rings. The number of hydrogen-bond donors (Lipinski definition) is 1. The Morgan fingerprint density at radius 2 is 2.12 bits per heavy atom. The van der Waals surface area contributed by atoms with Crippen molar-refractivity contribution in [1.82, 2.24) is 4.31 Å². The molecule has 0 spiro atoms. The number of sulfonamides is 1. The molecule has 17 heavy (non-hydrogen) atoms. The summed E-state index contributed by atoms with van der Waals surface area (Å²) >= 11 is 3.36. The number of nitrogens with two attached hydrogens (primary N) is 1. The molecule has 0 bridgehead atoms. The van der Waals surface area contributed by atoms with Crippen molar-refractivity contribution in [1.29, 1.82) is 0 Å². The molecule has 0 aliphatic carbocycles. The van der Waals surface area contributed by atoms with Crippen LogP contribution in [0.15, 0.2) is 28.7 Å². The highest BCUT2D eigenvalue weighted by Crippen LogP contribution is 2.14. The summed E-state index contributed by atoms with van der Waals surface area (Å²) in [5.74, 6) is 0.105. The zero-order valence-electron chi connectivity index (χ0n) is 9.77. The van der Waals surface area contributed by atoms with Gasteiger partial charge >= 0.3 is 0 Å². The van der Waals surface area contributed by atoms with Crippen LogP contribution in [0.5, 0.6) is 0 Å². The van der Waals surface area contributed by atoms with E-state index in [2.05, 4.69) is 15.9 Å². The Balaban J connectivity index is 2.68. The molecule has 0 radical (unpaired) electrons. The second kappa shape index (κ2) is 6.49. The fourth-order valence-electron chi connectivity index (χ4n) is 1.41. The van der Waals surface area contributed by atoms with Crippen LogP contribution in [-0.4, -0.2) is 32.1 Å². The van der Waals surface area contributed by atoms with Crippen molar-refractivity contribution >= 4 is 26.0 Å². The van der Waals surface area contributed by atoms with Crippen LogP contribution >= 0.6 is 15.9 Å². The first-order chi connectivity index (χ1) is 7.95. The molecule has 0 aliphatic rings. The van der Waals surface area contributed by atoms with Gasteiger partial charge in [0.1, 0.15) is 0 Å². The molecule has 1 rings (SSSR count). The van der Waals surface area contributed by atoms with E-state index in [1.54, 1.807) is 7.05 Å². The molecule has 0 unspecified atom stereocenters. The molecule has 0 saturated carbocycles. The molecule has 0 amide bonds. The molecule has 4 nitrogen and oxygen atoms in total. The molecule has 0 aliphatic heterocycles. The Morgan fingerprint density at radius 1 is 1.41 bits per heavy atom. The predicted molar refractivity (Wildman–Crippen MR) is 73.1 cm³/mol. The second-order valence-electron chi connectivity index (χ2n) is 3.84. The lowest BCUT2D eigenvalue weighted by Crippen LogP contribution is -2.29. The highest BCUT2D eigenvalue weighted by Gasteiger charge is 2.17. The highest BCUT2D eigenvalue weighted by molar-refractivity contribution is 9.10. The summed E-state index contributed by atoms with van der Waals surface area (Å²) in [4.78, 5) is 0. The maximum atomic E-state index is 11.8. The van der Waals surface area contributed by atoms with E-state index in [4.69, 9.17) is 5.73 Å². The predicted octanol–water partition coefficient (Wildman–Crippen LogP) is 1.56. The summed E-state index contributed by atoms with van der Waals surface area (Å²) in [6, 6.07) is 7.61. The van der Waals surface area contributed by atoms with Gasteiger partial charge in [-0.05, 0) is 30.7 Å². The van der Waals surface area contributed by atoms with E-state index >= 15 is 0 Å². The third-order valence-corrected chi connectivity index (χ3v) is 4.75. The molecule has 0 atom stereocenters. The Labute approximate surface area is 111 Å². The fraction of sp³-hybridized carbons (Fsp3) is 0.455. The van der Waals surface area contributed by atoms with Crippen LogP contribution in [0.4, 0.5) is 0 Å². The zero-order chi connectivity index (χ0) is 12.9. The molecule has 2 N–H and O–H groups in total. The average Bonchev–Trinajstić information content (AvgIpc) is 2.26. The fourth-order valence-corrected chi connectivity index (χ4v) is 3.05. The van der Waals surface area contributed by atoms with Gasteiger partial charge in [-0.3, -0.25) is 0 Å². The van der Waals surface area contributed by atoms with Crippen molar-refractivity contribution < 1.29 is 8.42 Å². The lowest BCUT2D eigenvalue weighted by Gasteiger charge is -2.17. The van der Waals surface area contributed by atoms with Crippen LogP contribution in [0.2, 0.25) is 0 Å². The molecule has 96 valence electrons. The van der Waals surface area contributed by atoms with Crippen LogP contribution in [0.25, 0.3) is 0 Å². The number of rotatable bonds is 6. The topological polar surface area (TPSA) is 63.4 Å². The number of hydrogen-bond acceptors (Lipinski definition) is 3. The van der Waals surface area contributed by atoms with Gasteiger partial charge in [0.2, 0.25) is 10.0 Å². The number of nitrogens with zero attached hydrogens (tertiary/aromatic N) is 1. The largest absolute Gasteiger partial charge is 0.330 e. The maximum Gasteiger partial charge on any atom is 0.214 e. The zero-order valence-corrected chi connectivity index (χ0v) is 12.2. The van der Waals surface area contributed by atoms with E-state index in [0.717, 1.165) is 10.0 Å². The maximum absolute atomic E-state index is 11.8. The minimum atomic E-state index is -3.20. The molecule has 6 heteroatoms. The Hall–Kier alpha value is -0.430. The minimum absolute atomic E-state index is 0.105. The SMILES string of the molecule is CN(Cc1cccc(Br)c1)S(=O)(=O)CCCN. The van der Waals surface area contributed by atoms with Crippen LogP contribution < -0.4 is 5.73 Å². The van der Waals surface area contributed by atoms with Crippen molar-refractivity contribution in [2.45, 2.75) is 13.0 Å². The van der Waals surface area contributed by atoms with Gasteiger partial charge in [-0.2, -0.15) is 0 Å². The van der Waals surface area contributed by atoms with Crippen LogP contribution in [-0.2, 0) is 16.6 Å². The Kier molecular flexibility index (Phi) is 5.58. The van der Waals surface area contributed by atoms with Gasteiger partial charge in [0.15, 0.2) is 0 Å². The van der Waals surface area contributed by atoms with Crippen molar-refractivity contribution in [2.24, 2.45) is 5.73 Å². The number of halogens is 1. The van der Waals surface area contributed by atoms with Crippen LogP contribution in [0.1, 0.15) is 12.0 Å². The first kappa shape index (κ1) is 14.6. The molecular formula is C11H17BrN2O2S. The summed E-state index contributed by atoms with van der Waals surface area (Å²) in [5.41, 5.74) is 6.28. The quantitative estimate of drug-likeness (QED) is 0.865. The van der Waals surface area contributed by atoms with Crippen LogP contribution in [0, 0.1) is 0 Å². The summed E-state index contributed by atoms with van der Waals surface area (Å²) in [6.45, 7) is 0.774. The molecular weight excluding hydrogens is 304 g/mol. The van der Waals surface area contributed by atoms with Gasteiger partial charge < -0.3 is 5.73 Å². The van der Waals surface area contributed by atoms with E-state index in [-0.39, 0.29) is 5.75 Å². The second-order valence-corrected chi connectivity index (χ2v) is 6.96. The van der Waals surface area contributed by atoms with Crippen molar-refractivity contribution in [3.63, 3.8) is 0 Å². The van der Waals surface area contributed by atoms with Crippen molar-refractivity contribution in [3.8, 4) is 0 Å². The monoisotopic (exact) mass is 320 g/mol. The Bertz CT molecular complexity index is 462. The summed E-state index contributed by atoms with van der Waals surface area (Å²) in [7, 11) is -1.61. The average molecular weight is 321 g/mol. The van der Waals surface area contributed by atoms with Gasteiger partial charge in [-0.1, -0.05) is 28.1 Å². The summed E-state index contributed by atoms with van der Waals surface area (Å²) in [6.07, 6.45) is 0.491. The lowest BCUT2D eigenvalue weighted by atomic mass is 10.2. The van der Waals surface area contributed by atoms with Crippen LogP contribution in [0.3, 0.4) is 0 Å². The van der Waals surface area contributed by atoms with Gasteiger partial charge in [0.25, 0.3) is 0 Å². The third kappa shape index (κ3) is 4.75. The highest BCUT2D eigenvalue weighted by atomic mass is 79.9. The number of benzene rings is 1. The molecule has 0 fully saturated rings. The van der Waals surface area contributed by atoms with E-state index < -0.39 is 10.0 Å². The van der Waals surface area contributed by atoms with Crippen molar-refractivity contribution in [2.75, 3.05) is 19.3 Å². The third-order valence-electron chi connectivity index (χ3n) is 2.38. The van der Waals surface area contributed by atoms with Gasteiger partial charge in [0, 0.05) is 18.1 Å². The van der Waals surface area contributed by atoms with Crippen molar-refractivity contribution in [3.05, 3.63) is 34.3 Å². The first-order valence-corrected chi connectivity index (χ1v) is 7.74. The van der Waals surface area contributed by atoms with Gasteiger partial charge in [0.05, 0.1) is 5.75 Å². The summed E-state index contributed by atoms with van der Waals surface area (Å²) < 4.78 is 26.0. The smallest absolute Gasteiger partial charge is 0.214 e. The van der Waals surface area contributed by atoms with Gasteiger partial charge in [-0.25, -0.2) is 12.7 Å². The molecule has 0 aromatic heterocycles. The molecule has 0 saturated heterocycles. The van der Waals surface area contributed by atoms with E-state index in [9.17, 15) is 8.42 Å².